The van der Waals surface area contributed by atoms with Crippen molar-refractivity contribution in [3.8, 4) is 0 Å². The summed E-state index contributed by atoms with van der Waals surface area (Å²) in [6.45, 7) is 7.44. The average Bonchev–Trinajstić information content (AvgIpc) is 3.63. The Balaban J connectivity index is 2.43. The van der Waals surface area contributed by atoms with E-state index in [1.165, 1.54) is 109 Å². The van der Waals surface area contributed by atoms with E-state index in [4.69, 9.17) is 19.3 Å². The van der Waals surface area contributed by atoms with Crippen molar-refractivity contribution in [2.24, 2.45) is 5.92 Å². The molecule has 0 saturated carbocycles. The molecule has 0 fully saturated rings. The molecule has 11 heteroatoms. The van der Waals surface area contributed by atoms with Crippen molar-refractivity contribution in [3.63, 3.8) is 0 Å². The molecule has 2 N–H and O–H groups in total. The maximum atomic E-state index is 13.1. The Hall–Kier alpha value is -2.37. The molecule has 320 valence electrons. The smallest absolute Gasteiger partial charge is 0.305 e. The minimum absolute atomic E-state index is 0.0899. The Morgan fingerprint density at radius 2 is 1.20 bits per heavy atom. The molecular weight excluding hydrogens is 697 g/mol. The third kappa shape index (κ3) is 33.5. The molecule has 0 aromatic carbocycles. The van der Waals surface area contributed by atoms with E-state index in [0.29, 0.717) is 77.3 Å². The van der Waals surface area contributed by atoms with Gasteiger partial charge in [0.05, 0.1) is 32.1 Å². The lowest BCUT2D eigenvalue weighted by Gasteiger charge is -2.16. The number of nitrogens with zero attached hydrogens (tertiary/aromatic N) is 3. The van der Waals surface area contributed by atoms with Gasteiger partial charge in [-0.1, -0.05) is 147 Å². The lowest BCUT2D eigenvalue weighted by molar-refractivity contribution is -0.146. The third-order valence-electron chi connectivity index (χ3n) is 10.1. The third-order valence-corrected chi connectivity index (χ3v) is 10.1. The summed E-state index contributed by atoms with van der Waals surface area (Å²) in [4.78, 5) is 38.1. The van der Waals surface area contributed by atoms with Gasteiger partial charge in [-0.2, -0.15) is 0 Å². The van der Waals surface area contributed by atoms with Crippen LogP contribution in [0.2, 0.25) is 0 Å². The van der Waals surface area contributed by atoms with Crippen molar-refractivity contribution in [2.45, 2.75) is 200 Å². The highest BCUT2D eigenvalue weighted by Gasteiger charge is 2.18. The summed E-state index contributed by atoms with van der Waals surface area (Å²) < 4.78 is 18.2. The van der Waals surface area contributed by atoms with Crippen LogP contribution in [0.4, 0.5) is 0 Å². The molecule has 1 aromatic rings. The molecule has 1 rings (SSSR count). The van der Waals surface area contributed by atoms with E-state index in [1.54, 1.807) is 4.68 Å². The van der Waals surface area contributed by atoms with Gasteiger partial charge in [0.15, 0.2) is 0 Å². The van der Waals surface area contributed by atoms with Crippen molar-refractivity contribution < 1.29 is 33.7 Å². The molecule has 1 aromatic heterocycles. The fraction of sp³-hybridized carbons (Fsp3) is 0.886. The van der Waals surface area contributed by atoms with E-state index in [0.717, 1.165) is 32.1 Å². The maximum Gasteiger partial charge on any atom is 0.305 e. The number of hydrogen-bond donors (Lipinski definition) is 2. The second-order valence-electron chi connectivity index (χ2n) is 15.4. The molecule has 1 amide bonds. The van der Waals surface area contributed by atoms with Crippen LogP contribution in [0.1, 0.15) is 193 Å². The molecule has 1 unspecified atom stereocenters. The van der Waals surface area contributed by atoms with Crippen LogP contribution in [0.15, 0.2) is 6.20 Å². The Kier molecular flexibility index (Phi) is 35.5. The molecular formula is C44H82N4O7. The lowest BCUT2D eigenvalue weighted by atomic mass is 9.99. The average molecular weight is 779 g/mol. The second kappa shape index (κ2) is 38.5. The summed E-state index contributed by atoms with van der Waals surface area (Å²) >= 11 is 0. The Labute approximate surface area is 335 Å². The van der Waals surface area contributed by atoms with Gasteiger partial charge in [0.1, 0.15) is 5.78 Å². The molecule has 0 aliphatic carbocycles. The van der Waals surface area contributed by atoms with Gasteiger partial charge in [0, 0.05) is 70.5 Å². The van der Waals surface area contributed by atoms with Crippen molar-refractivity contribution in [1.82, 2.24) is 20.3 Å². The van der Waals surface area contributed by atoms with Crippen LogP contribution in [-0.4, -0.2) is 83.9 Å². The largest absolute Gasteiger partial charge is 0.465 e. The number of carbonyl (C=O) groups excluding carboxylic acids is 3. The first-order valence-corrected chi connectivity index (χ1v) is 22.6. The highest BCUT2D eigenvalue weighted by molar-refractivity contribution is 5.78. The number of amides is 1. The Bertz CT molecular complexity index is 1040. The van der Waals surface area contributed by atoms with E-state index in [1.807, 2.05) is 6.20 Å². The molecule has 0 saturated heterocycles. The molecule has 55 heavy (non-hydrogen) atoms. The van der Waals surface area contributed by atoms with Crippen LogP contribution in [0, 0.1) is 5.92 Å². The minimum Gasteiger partial charge on any atom is -0.465 e. The highest BCUT2D eigenvalue weighted by atomic mass is 16.5. The van der Waals surface area contributed by atoms with E-state index in [2.05, 4.69) is 29.5 Å². The fourth-order valence-electron chi connectivity index (χ4n) is 6.69. The zero-order valence-electron chi connectivity index (χ0n) is 35.3. The first-order valence-electron chi connectivity index (χ1n) is 22.6. The van der Waals surface area contributed by atoms with Crippen LogP contribution in [0.3, 0.4) is 0 Å². The van der Waals surface area contributed by atoms with Crippen molar-refractivity contribution in [1.29, 1.82) is 0 Å². The van der Waals surface area contributed by atoms with Crippen LogP contribution >= 0.6 is 0 Å². The number of carbonyl (C=O) groups is 3. The molecule has 1 heterocycles. The predicted octanol–water partition coefficient (Wildman–Crippen LogP) is 9.26. The molecule has 0 aliphatic rings. The zero-order chi connectivity index (χ0) is 39.9. The van der Waals surface area contributed by atoms with Gasteiger partial charge in [0.25, 0.3) is 0 Å². The first kappa shape index (κ1) is 50.6. The van der Waals surface area contributed by atoms with Gasteiger partial charge < -0.3 is 24.6 Å². The standard InChI is InChI=1S/C44H82N4O7/c1-3-5-7-9-11-13-15-17-19-21-23-26-42(50)36-40(39-55-44(52)27-24-22-20-18-16-14-12-10-8-6-4-2)37-48-38-41(46-47-48)28-29-43(51)45-30-33-54-35-34-53-32-25-31-49/h38,40,49H,3-37,39H2,1-2H3,(H,45,51). The Morgan fingerprint density at radius 3 is 1.76 bits per heavy atom. The van der Waals surface area contributed by atoms with Gasteiger partial charge in [-0.05, 0) is 19.3 Å². The normalized spacial score (nSPS) is 11.9. The number of esters is 1. The zero-order valence-corrected chi connectivity index (χ0v) is 35.3. The number of ketones is 1. The van der Waals surface area contributed by atoms with Gasteiger partial charge in [0.2, 0.25) is 5.91 Å². The van der Waals surface area contributed by atoms with Gasteiger partial charge in [-0.25, -0.2) is 0 Å². The quantitative estimate of drug-likeness (QED) is 0.0491. The number of aryl methyl sites for hydroxylation is 1. The second-order valence-corrected chi connectivity index (χ2v) is 15.4. The molecule has 0 bridgehead atoms. The highest BCUT2D eigenvalue weighted by Crippen LogP contribution is 2.17. The van der Waals surface area contributed by atoms with Crippen LogP contribution in [0.5, 0.6) is 0 Å². The topological polar surface area (TPSA) is 142 Å². The molecule has 11 nitrogen and oxygen atoms in total. The number of hydrogen-bond acceptors (Lipinski definition) is 9. The summed E-state index contributed by atoms with van der Waals surface area (Å²) in [5, 5.41) is 20.1. The molecule has 0 radical (unpaired) electrons. The molecule has 0 aliphatic heterocycles. The van der Waals surface area contributed by atoms with E-state index < -0.39 is 0 Å². The lowest BCUT2D eigenvalue weighted by Crippen LogP contribution is -2.27. The fourth-order valence-corrected chi connectivity index (χ4v) is 6.69. The number of Topliss-reactive ketones (excluding diaryl/α,β-unsaturated/α-hetero) is 1. The monoisotopic (exact) mass is 779 g/mol. The van der Waals surface area contributed by atoms with E-state index in [9.17, 15) is 14.4 Å². The first-order chi connectivity index (χ1) is 27.0. The minimum atomic E-state index is -0.194. The SMILES string of the molecule is CCCCCCCCCCCCCC(=O)CC(COC(=O)CCCCCCCCCCCCC)Cn1cc(CCC(=O)NCCOCCOCCCO)nn1. The summed E-state index contributed by atoms with van der Waals surface area (Å²) in [6.07, 6.45) is 31.7. The van der Waals surface area contributed by atoms with Crippen LogP contribution in [0.25, 0.3) is 0 Å². The summed E-state index contributed by atoms with van der Waals surface area (Å²) in [5.74, 6) is -0.259. The van der Waals surface area contributed by atoms with Crippen molar-refractivity contribution >= 4 is 17.7 Å². The summed E-state index contributed by atoms with van der Waals surface area (Å²) in [6, 6.07) is 0. The maximum absolute atomic E-state index is 13.1. The predicted molar refractivity (Wildman–Crippen MR) is 221 cm³/mol. The molecule has 0 spiro atoms. The number of aliphatic hydroxyl groups excluding tert-OH is 1. The number of nitrogens with one attached hydrogen (secondary N) is 1. The van der Waals surface area contributed by atoms with Gasteiger partial charge in [-0.15, -0.1) is 5.10 Å². The van der Waals surface area contributed by atoms with Crippen molar-refractivity contribution in [2.75, 3.05) is 46.2 Å². The number of ether oxygens (including phenoxy) is 3. The number of aliphatic hydroxyl groups is 1. The summed E-state index contributed by atoms with van der Waals surface area (Å²) in [7, 11) is 0. The Morgan fingerprint density at radius 1 is 0.673 bits per heavy atom. The van der Waals surface area contributed by atoms with Crippen LogP contribution in [-0.2, 0) is 41.6 Å². The number of unbranched alkanes of at least 4 members (excludes halogenated alkanes) is 20. The van der Waals surface area contributed by atoms with Gasteiger partial charge >= 0.3 is 5.97 Å². The van der Waals surface area contributed by atoms with Crippen molar-refractivity contribution in [3.05, 3.63) is 11.9 Å². The number of rotatable bonds is 42. The summed E-state index contributed by atoms with van der Waals surface area (Å²) in [5.41, 5.74) is 0.700. The van der Waals surface area contributed by atoms with Gasteiger partial charge in [-0.3, -0.25) is 19.1 Å². The van der Waals surface area contributed by atoms with E-state index in [-0.39, 0.29) is 43.2 Å². The van der Waals surface area contributed by atoms with E-state index >= 15 is 0 Å². The number of aromatic nitrogens is 3. The molecule has 1 atom stereocenters. The van der Waals surface area contributed by atoms with Crippen LogP contribution < -0.4 is 5.32 Å².